The second-order valence-corrected chi connectivity index (χ2v) is 3.94. The molecule has 0 bridgehead atoms. The van der Waals surface area contributed by atoms with E-state index < -0.39 is 5.97 Å². The zero-order chi connectivity index (χ0) is 14.4. The Morgan fingerprint density at radius 3 is 2.90 bits per heavy atom. The lowest BCUT2D eigenvalue weighted by Gasteiger charge is -2.10. The Kier molecular flexibility index (Phi) is 4.54. The van der Waals surface area contributed by atoms with Gasteiger partial charge in [0.15, 0.2) is 0 Å². The number of methoxy groups -OCH3 is 2. The summed E-state index contributed by atoms with van der Waals surface area (Å²) in [5.41, 5.74) is 0.299. The van der Waals surface area contributed by atoms with Gasteiger partial charge in [-0.25, -0.2) is 4.79 Å². The molecule has 1 N–H and O–H groups in total. The summed E-state index contributed by atoms with van der Waals surface area (Å²) in [7, 11) is 2.78. The van der Waals surface area contributed by atoms with Crippen molar-refractivity contribution in [1.29, 1.82) is 0 Å². The first kappa shape index (κ1) is 13.9. The maximum absolute atomic E-state index is 11.5. The SMILES string of the molecule is COC(=O)c1ccc(NCCn2cccn2)nc1OC. The molecule has 0 aliphatic heterocycles. The van der Waals surface area contributed by atoms with Gasteiger partial charge in [-0.1, -0.05) is 0 Å². The molecule has 0 aliphatic rings. The third kappa shape index (κ3) is 3.25. The molecule has 106 valence electrons. The van der Waals surface area contributed by atoms with E-state index in [-0.39, 0.29) is 5.88 Å². The lowest BCUT2D eigenvalue weighted by molar-refractivity contribution is 0.0596. The van der Waals surface area contributed by atoms with Gasteiger partial charge in [-0.2, -0.15) is 10.1 Å². The van der Waals surface area contributed by atoms with Gasteiger partial charge in [0.05, 0.1) is 20.8 Å². The van der Waals surface area contributed by atoms with Crippen molar-refractivity contribution in [3.05, 3.63) is 36.2 Å². The number of nitrogens with one attached hydrogen (secondary N) is 1. The topological polar surface area (TPSA) is 78.3 Å². The summed E-state index contributed by atoms with van der Waals surface area (Å²) >= 11 is 0. The Morgan fingerprint density at radius 1 is 1.40 bits per heavy atom. The highest BCUT2D eigenvalue weighted by molar-refractivity contribution is 5.92. The van der Waals surface area contributed by atoms with Crippen LogP contribution in [-0.4, -0.2) is 41.5 Å². The van der Waals surface area contributed by atoms with E-state index in [9.17, 15) is 4.79 Å². The van der Waals surface area contributed by atoms with E-state index in [1.54, 1.807) is 18.3 Å². The van der Waals surface area contributed by atoms with Crippen molar-refractivity contribution in [2.45, 2.75) is 6.54 Å². The van der Waals surface area contributed by atoms with Gasteiger partial charge < -0.3 is 14.8 Å². The predicted octanol–water partition coefficient (Wildman–Crippen LogP) is 1.19. The third-order valence-electron chi connectivity index (χ3n) is 2.67. The van der Waals surface area contributed by atoms with Crippen LogP contribution in [0.1, 0.15) is 10.4 Å². The molecular weight excluding hydrogens is 260 g/mol. The van der Waals surface area contributed by atoms with Crippen LogP contribution in [0.5, 0.6) is 5.88 Å². The van der Waals surface area contributed by atoms with Gasteiger partial charge >= 0.3 is 5.97 Å². The second kappa shape index (κ2) is 6.55. The first-order chi connectivity index (χ1) is 9.74. The molecule has 0 amide bonds. The summed E-state index contributed by atoms with van der Waals surface area (Å²) in [4.78, 5) is 15.7. The maximum Gasteiger partial charge on any atom is 0.343 e. The van der Waals surface area contributed by atoms with E-state index in [2.05, 4.69) is 20.1 Å². The highest BCUT2D eigenvalue weighted by atomic mass is 16.5. The molecule has 0 spiro atoms. The fourth-order valence-corrected chi connectivity index (χ4v) is 1.69. The molecule has 20 heavy (non-hydrogen) atoms. The van der Waals surface area contributed by atoms with E-state index in [1.165, 1.54) is 14.2 Å². The molecule has 0 aliphatic carbocycles. The molecule has 7 nitrogen and oxygen atoms in total. The Balaban J connectivity index is 2.00. The first-order valence-corrected chi connectivity index (χ1v) is 6.09. The van der Waals surface area contributed by atoms with Crippen molar-refractivity contribution < 1.29 is 14.3 Å². The minimum atomic E-state index is -0.475. The van der Waals surface area contributed by atoms with Gasteiger partial charge in [-0.05, 0) is 18.2 Å². The molecule has 0 unspecified atom stereocenters. The lowest BCUT2D eigenvalue weighted by Crippen LogP contribution is -2.13. The molecule has 2 aromatic rings. The Morgan fingerprint density at radius 2 is 2.25 bits per heavy atom. The van der Waals surface area contributed by atoms with Crippen LogP contribution < -0.4 is 10.1 Å². The third-order valence-corrected chi connectivity index (χ3v) is 2.67. The lowest BCUT2D eigenvalue weighted by atomic mass is 10.2. The largest absolute Gasteiger partial charge is 0.480 e. The Hall–Kier alpha value is -2.57. The summed E-state index contributed by atoms with van der Waals surface area (Å²) in [6, 6.07) is 5.19. The van der Waals surface area contributed by atoms with Gasteiger partial charge in [0, 0.05) is 18.9 Å². The summed E-state index contributed by atoms with van der Waals surface area (Å²) in [6.07, 6.45) is 3.61. The molecule has 2 heterocycles. The standard InChI is InChI=1S/C13H16N4O3/c1-19-12-10(13(18)20-2)4-5-11(16-12)14-7-9-17-8-3-6-15-17/h3-6,8H,7,9H2,1-2H3,(H,14,16). The van der Waals surface area contributed by atoms with E-state index in [0.717, 1.165) is 6.54 Å². The van der Waals surface area contributed by atoms with Crippen LogP contribution in [0.3, 0.4) is 0 Å². The van der Waals surface area contributed by atoms with Gasteiger partial charge in [0.1, 0.15) is 11.4 Å². The molecule has 0 aromatic carbocycles. The van der Waals surface area contributed by atoms with Crippen molar-refractivity contribution in [1.82, 2.24) is 14.8 Å². The molecule has 0 fully saturated rings. The zero-order valence-electron chi connectivity index (χ0n) is 11.4. The highest BCUT2D eigenvalue weighted by Crippen LogP contribution is 2.19. The molecule has 7 heteroatoms. The molecule has 0 saturated carbocycles. The molecule has 0 atom stereocenters. The molecule has 2 aromatic heterocycles. The van der Waals surface area contributed by atoms with Crippen molar-refractivity contribution in [3.63, 3.8) is 0 Å². The first-order valence-electron chi connectivity index (χ1n) is 6.09. The number of esters is 1. The number of rotatable bonds is 6. The number of carbonyl (C=O) groups excluding carboxylic acids is 1. The Bertz CT molecular complexity index is 569. The smallest absolute Gasteiger partial charge is 0.343 e. The van der Waals surface area contributed by atoms with E-state index in [0.29, 0.717) is 17.9 Å². The maximum atomic E-state index is 11.5. The average molecular weight is 276 g/mol. The van der Waals surface area contributed by atoms with Gasteiger partial charge in [0.25, 0.3) is 0 Å². The molecule has 0 saturated heterocycles. The summed E-state index contributed by atoms with van der Waals surface area (Å²) in [6.45, 7) is 1.38. The van der Waals surface area contributed by atoms with Crippen LogP contribution >= 0.6 is 0 Å². The number of ether oxygens (including phenoxy) is 2. The van der Waals surface area contributed by atoms with Crippen LogP contribution in [0.25, 0.3) is 0 Å². The fraction of sp³-hybridized carbons (Fsp3) is 0.308. The zero-order valence-corrected chi connectivity index (χ0v) is 11.4. The number of pyridine rings is 1. The fourth-order valence-electron chi connectivity index (χ4n) is 1.69. The van der Waals surface area contributed by atoms with Gasteiger partial charge in [0.2, 0.25) is 5.88 Å². The summed E-state index contributed by atoms with van der Waals surface area (Å²) in [5, 5.41) is 7.24. The van der Waals surface area contributed by atoms with E-state index in [1.807, 2.05) is 16.9 Å². The number of hydrogen-bond donors (Lipinski definition) is 1. The predicted molar refractivity (Wildman–Crippen MR) is 72.8 cm³/mol. The van der Waals surface area contributed by atoms with E-state index >= 15 is 0 Å². The minimum absolute atomic E-state index is 0.237. The number of carbonyl (C=O) groups is 1. The van der Waals surface area contributed by atoms with Crippen molar-refractivity contribution >= 4 is 11.8 Å². The normalized spacial score (nSPS) is 10.1. The van der Waals surface area contributed by atoms with Crippen molar-refractivity contribution in [2.24, 2.45) is 0 Å². The molecular formula is C13H16N4O3. The number of nitrogens with zero attached hydrogens (tertiary/aromatic N) is 3. The number of aromatic nitrogens is 3. The second-order valence-electron chi connectivity index (χ2n) is 3.94. The van der Waals surface area contributed by atoms with Gasteiger partial charge in [-0.3, -0.25) is 4.68 Å². The van der Waals surface area contributed by atoms with Crippen molar-refractivity contribution in [3.8, 4) is 5.88 Å². The quantitative estimate of drug-likeness (QED) is 0.798. The van der Waals surface area contributed by atoms with E-state index in [4.69, 9.17) is 4.74 Å². The van der Waals surface area contributed by atoms with Crippen LogP contribution in [-0.2, 0) is 11.3 Å². The van der Waals surface area contributed by atoms with Crippen LogP contribution in [0, 0.1) is 0 Å². The highest BCUT2D eigenvalue weighted by Gasteiger charge is 2.14. The molecule has 0 radical (unpaired) electrons. The van der Waals surface area contributed by atoms with Crippen LogP contribution in [0.4, 0.5) is 5.82 Å². The van der Waals surface area contributed by atoms with Crippen LogP contribution in [0.15, 0.2) is 30.6 Å². The van der Waals surface area contributed by atoms with Crippen molar-refractivity contribution in [2.75, 3.05) is 26.1 Å². The van der Waals surface area contributed by atoms with Crippen LogP contribution in [0.2, 0.25) is 0 Å². The number of hydrogen-bond acceptors (Lipinski definition) is 6. The monoisotopic (exact) mass is 276 g/mol. The summed E-state index contributed by atoms with van der Waals surface area (Å²) in [5.74, 6) is 0.389. The molecule has 2 rings (SSSR count). The average Bonchev–Trinajstić information content (AvgIpc) is 2.99. The number of anilines is 1. The van der Waals surface area contributed by atoms with Gasteiger partial charge in [-0.15, -0.1) is 0 Å². The summed E-state index contributed by atoms with van der Waals surface area (Å²) < 4.78 is 11.6. The minimum Gasteiger partial charge on any atom is -0.480 e. The Labute approximate surface area is 116 Å².